The van der Waals surface area contributed by atoms with E-state index in [1.807, 2.05) is 20.1 Å². The minimum absolute atomic E-state index is 0.0623. The molecule has 0 saturated carbocycles. The highest BCUT2D eigenvalue weighted by Crippen LogP contribution is 2.13. The fourth-order valence-electron chi connectivity index (χ4n) is 1.34. The van der Waals surface area contributed by atoms with E-state index in [0.717, 1.165) is 11.6 Å². The van der Waals surface area contributed by atoms with Gasteiger partial charge in [-0.15, -0.1) is 0 Å². The van der Waals surface area contributed by atoms with Gasteiger partial charge in [0.2, 0.25) is 0 Å². The van der Waals surface area contributed by atoms with Crippen LogP contribution in [0.2, 0.25) is 5.15 Å². The highest BCUT2D eigenvalue weighted by atomic mass is 35.5. The molecular formula is C10H15ClN2OS. The van der Waals surface area contributed by atoms with Gasteiger partial charge in [-0.05, 0) is 6.26 Å². The molecule has 15 heavy (non-hydrogen) atoms. The second kappa shape index (κ2) is 5.56. The van der Waals surface area contributed by atoms with Crippen molar-refractivity contribution in [1.82, 2.24) is 9.55 Å². The number of rotatable bonds is 4. The maximum atomic E-state index is 11.7. The van der Waals surface area contributed by atoms with E-state index in [1.54, 1.807) is 16.3 Å². The van der Waals surface area contributed by atoms with E-state index >= 15 is 0 Å². The lowest BCUT2D eigenvalue weighted by molar-refractivity contribution is 0.613. The summed E-state index contributed by atoms with van der Waals surface area (Å²) in [4.78, 5) is 15.9. The predicted octanol–water partition coefficient (Wildman–Crippen LogP) is 2.38. The molecule has 1 heterocycles. The maximum Gasteiger partial charge on any atom is 0.255 e. The molecule has 0 aliphatic heterocycles. The number of hydrogen-bond acceptors (Lipinski definition) is 3. The molecule has 0 atom stereocenters. The molecular weight excluding hydrogens is 232 g/mol. The summed E-state index contributed by atoms with van der Waals surface area (Å²) in [5, 5.41) is 0.282. The van der Waals surface area contributed by atoms with Crippen LogP contribution in [-0.4, -0.2) is 21.6 Å². The van der Waals surface area contributed by atoms with Gasteiger partial charge in [-0.1, -0.05) is 25.4 Å². The van der Waals surface area contributed by atoms with Gasteiger partial charge in [-0.3, -0.25) is 9.36 Å². The number of nitrogens with zero attached hydrogens (tertiary/aromatic N) is 2. The van der Waals surface area contributed by atoms with Crippen molar-refractivity contribution in [3.05, 3.63) is 27.4 Å². The Balaban J connectivity index is 3.15. The summed E-state index contributed by atoms with van der Waals surface area (Å²) in [6.45, 7) is 4.71. The van der Waals surface area contributed by atoms with Gasteiger partial charge in [0, 0.05) is 24.3 Å². The topological polar surface area (TPSA) is 34.9 Å². The molecule has 1 aromatic rings. The summed E-state index contributed by atoms with van der Waals surface area (Å²) in [5.41, 5.74) is -0.0623. The molecule has 3 nitrogen and oxygen atoms in total. The summed E-state index contributed by atoms with van der Waals surface area (Å²) in [7, 11) is 0. The van der Waals surface area contributed by atoms with Gasteiger partial charge in [0.05, 0.1) is 0 Å². The molecule has 0 unspecified atom stereocenters. The Kier molecular flexibility index (Phi) is 4.67. The van der Waals surface area contributed by atoms with Crippen LogP contribution in [0.1, 0.15) is 25.6 Å². The van der Waals surface area contributed by atoms with Crippen molar-refractivity contribution < 1.29 is 0 Å². The average molecular weight is 247 g/mol. The Morgan fingerprint density at radius 1 is 1.60 bits per heavy atom. The van der Waals surface area contributed by atoms with Crippen LogP contribution in [0.15, 0.2) is 10.9 Å². The summed E-state index contributed by atoms with van der Waals surface area (Å²) in [6.07, 6.45) is 2.02. The lowest BCUT2D eigenvalue weighted by atomic mass is 10.2. The van der Waals surface area contributed by atoms with Crippen LogP contribution < -0.4 is 5.56 Å². The minimum Gasteiger partial charge on any atom is -0.296 e. The highest BCUT2D eigenvalue weighted by molar-refractivity contribution is 7.98. The van der Waals surface area contributed by atoms with E-state index in [9.17, 15) is 4.79 Å². The third-order valence-corrected chi connectivity index (χ3v) is 2.83. The number of aromatic nitrogens is 2. The van der Waals surface area contributed by atoms with Crippen LogP contribution in [0, 0.1) is 0 Å². The predicted molar refractivity (Wildman–Crippen MR) is 66.0 cm³/mol. The standard InChI is InChI=1S/C10H15ClN2OS/c1-7(2)10-12-8(11)6-9(14)13(10)4-5-15-3/h6-7H,4-5H2,1-3H3. The first-order valence-corrected chi connectivity index (χ1v) is 6.59. The first-order valence-electron chi connectivity index (χ1n) is 4.82. The van der Waals surface area contributed by atoms with E-state index in [0.29, 0.717) is 6.54 Å². The largest absolute Gasteiger partial charge is 0.296 e. The van der Waals surface area contributed by atoms with Crippen molar-refractivity contribution in [2.45, 2.75) is 26.3 Å². The second-order valence-electron chi connectivity index (χ2n) is 3.57. The van der Waals surface area contributed by atoms with Gasteiger partial charge in [-0.25, -0.2) is 4.98 Å². The number of halogens is 1. The molecule has 1 aromatic heterocycles. The fourth-order valence-corrected chi connectivity index (χ4v) is 1.89. The van der Waals surface area contributed by atoms with E-state index in [-0.39, 0.29) is 16.6 Å². The van der Waals surface area contributed by atoms with Gasteiger partial charge in [-0.2, -0.15) is 11.8 Å². The summed E-state index contributed by atoms with van der Waals surface area (Å²) in [5.74, 6) is 1.88. The van der Waals surface area contributed by atoms with Crippen molar-refractivity contribution in [2.75, 3.05) is 12.0 Å². The van der Waals surface area contributed by atoms with Crippen molar-refractivity contribution in [3.8, 4) is 0 Å². The molecule has 0 amide bonds. The van der Waals surface area contributed by atoms with Crippen molar-refractivity contribution in [3.63, 3.8) is 0 Å². The molecule has 1 rings (SSSR count). The third-order valence-electron chi connectivity index (χ3n) is 2.04. The molecule has 0 radical (unpaired) electrons. The summed E-state index contributed by atoms with van der Waals surface area (Å²) >= 11 is 7.48. The van der Waals surface area contributed by atoms with E-state index in [4.69, 9.17) is 11.6 Å². The van der Waals surface area contributed by atoms with Crippen LogP contribution in [0.5, 0.6) is 0 Å². The van der Waals surface area contributed by atoms with E-state index in [1.165, 1.54) is 6.07 Å². The molecule has 5 heteroatoms. The van der Waals surface area contributed by atoms with Gasteiger partial charge < -0.3 is 0 Å². The van der Waals surface area contributed by atoms with E-state index < -0.39 is 0 Å². The Labute approximate surface area is 98.9 Å². The van der Waals surface area contributed by atoms with Crippen LogP contribution in [-0.2, 0) is 6.54 Å². The molecule has 0 aliphatic rings. The smallest absolute Gasteiger partial charge is 0.255 e. The first kappa shape index (κ1) is 12.6. The maximum absolute atomic E-state index is 11.7. The van der Waals surface area contributed by atoms with Crippen LogP contribution >= 0.6 is 23.4 Å². The normalized spacial score (nSPS) is 11.0. The molecule has 0 spiro atoms. The minimum atomic E-state index is -0.0623. The zero-order chi connectivity index (χ0) is 11.4. The molecule has 0 bridgehead atoms. The number of thioether (sulfide) groups is 1. The Morgan fingerprint density at radius 2 is 2.27 bits per heavy atom. The van der Waals surface area contributed by atoms with Gasteiger partial charge in [0.25, 0.3) is 5.56 Å². The van der Waals surface area contributed by atoms with Gasteiger partial charge in [0.15, 0.2) is 0 Å². The van der Waals surface area contributed by atoms with Gasteiger partial charge >= 0.3 is 0 Å². The lowest BCUT2D eigenvalue weighted by Crippen LogP contribution is -2.26. The average Bonchev–Trinajstić information content (AvgIpc) is 2.15. The SMILES string of the molecule is CSCCn1c(C(C)C)nc(Cl)cc1=O. The lowest BCUT2D eigenvalue weighted by Gasteiger charge is -2.13. The van der Waals surface area contributed by atoms with Crippen molar-refractivity contribution in [2.24, 2.45) is 0 Å². The highest BCUT2D eigenvalue weighted by Gasteiger charge is 2.10. The number of hydrogen-bond donors (Lipinski definition) is 0. The molecule has 0 aliphatic carbocycles. The van der Waals surface area contributed by atoms with Gasteiger partial charge in [0.1, 0.15) is 11.0 Å². The van der Waals surface area contributed by atoms with Crippen LogP contribution in [0.25, 0.3) is 0 Å². The molecule has 0 N–H and O–H groups in total. The second-order valence-corrected chi connectivity index (χ2v) is 4.95. The first-order chi connectivity index (χ1) is 7.06. The molecule has 0 fully saturated rings. The van der Waals surface area contributed by atoms with Crippen LogP contribution in [0.4, 0.5) is 0 Å². The zero-order valence-corrected chi connectivity index (χ0v) is 10.7. The fraction of sp³-hybridized carbons (Fsp3) is 0.600. The van der Waals surface area contributed by atoms with Crippen LogP contribution in [0.3, 0.4) is 0 Å². The molecule has 0 saturated heterocycles. The Bertz CT molecular complexity index is 389. The van der Waals surface area contributed by atoms with Crippen molar-refractivity contribution >= 4 is 23.4 Å². The summed E-state index contributed by atoms with van der Waals surface area (Å²) < 4.78 is 1.70. The monoisotopic (exact) mass is 246 g/mol. The third kappa shape index (κ3) is 3.24. The zero-order valence-electron chi connectivity index (χ0n) is 9.16. The molecule has 84 valence electrons. The molecule has 0 aromatic carbocycles. The van der Waals surface area contributed by atoms with E-state index in [2.05, 4.69) is 4.98 Å². The summed E-state index contributed by atoms with van der Waals surface area (Å²) in [6, 6.07) is 1.37. The van der Waals surface area contributed by atoms with Crippen molar-refractivity contribution in [1.29, 1.82) is 0 Å². The quantitative estimate of drug-likeness (QED) is 0.766. The Hall–Kier alpha value is -0.480. The Morgan fingerprint density at radius 3 is 2.80 bits per heavy atom.